The van der Waals surface area contributed by atoms with Crippen molar-refractivity contribution in [3.8, 4) is 0 Å². The smallest absolute Gasteiger partial charge is 0.126 e. The van der Waals surface area contributed by atoms with Gasteiger partial charge >= 0.3 is 0 Å². The number of anilines is 1. The van der Waals surface area contributed by atoms with Gasteiger partial charge in [-0.1, -0.05) is 38.3 Å². The molecule has 2 nitrogen and oxygen atoms in total. The van der Waals surface area contributed by atoms with Gasteiger partial charge in [0.25, 0.3) is 0 Å². The molecule has 0 saturated heterocycles. The first kappa shape index (κ1) is 15.6. The van der Waals surface area contributed by atoms with Crippen LogP contribution in [-0.2, 0) is 5.75 Å². The minimum absolute atomic E-state index is 0.778. The Kier molecular flexibility index (Phi) is 8.27. The highest BCUT2D eigenvalue weighted by Crippen LogP contribution is 2.22. The summed E-state index contributed by atoms with van der Waals surface area (Å²) < 4.78 is 0. The van der Waals surface area contributed by atoms with Crippen molar-refractivity contribution in [2.45, 2.75) is 45.3 Å². The number of thioether (sulfide) groups is 1. The number of nitrogens with zero attached hydrogens (tertiary/aromatic N) is 1. The zero-order chi connectivity index (χ0) is 13.2. The van der Waals surface area contributed by atoms with E-state index in [1.165, 1.54) is 25.0 Å². The fraction of sp³-hybridized carbons (Fsp3) is 0.643. The van der Waals surface area contributed by atoms with E-state index in [1.54, 1.807) is 0 Å². The van der Waals surface area contributed by atoms with E-state index in [0.717, 1.165) is 35.3 Å². The van der Waals surface area contributed by atoms with Crippen LogP contribution >= 0.6 is 23.4 Å². The summed E-state index contributed by atoms with van der Waals surface area (Å²) in [6.45, 7) is 5.33. The molecule has 0 atom stereocenters. The third-order valence-corrected chi connectivity index (χ3v) is 4.00. The van der Waals surface area contributed by atoms with Crippen LogP contribution in [0.5, 0.6) is 0 Å². The summed E-state index contributed by atoms with van der Waals surface area (Å²) in [4.78, 5) is 4.56. The number of pyridine rings is 1. The fourth-order valence-electron chi connectivity index (χ4n) is 1.56. The molecule has 0 aliphatic rings. The summed E-state index contributed by atoms with van der Waals surface area (Å²) in [5.41, 5.74) is 0.999. The average molecular weight is 287 g/mol. The molecule has 0 unspecified atom stereocenters. The summed E-state index contributed by atoms with van der Waals surface area (Å²) in [5.74, 6) is 3.04. The number of rotatable bonds is 9. The van der Waals surface area contributed by atoms with E-state index in [9.17, 15) is 0 Å². The van der Waals surface area contributed by atoms with E-state index in [4.69, 9.17) is 11.6 Å². The minimum Gasteiger partial charge on any atom is -0.370 e. The van der Waals surface area contributed by atoms with Crippen molar-refractivity contribution in [3.05, 3.63) is 22.8 Å². The van der Waals surface area contributed by atoms with Crippen LogP contribution in [0.1, 0.15) is 45.2 Å². The first-order valence-corrected chi connectivity index (χ1v) is 8.28. The van der Waals surface area contributed by atoms with E-state index in [1.807, 2.05) is 23.9 Å². The average Bonchev–Trinajstić information content (AvgIpc) is 2.39. The molecule has 0 amide bonds. The number of unbranched alkanes of at least 4 members (excludes halogenated alkanes) is 2. The lowest BCUT2D eigenvalue weighted by atomic mass is 10.3. The Labute approximate surface area is 120 Å². The molecule has 0 spiro atoms. The standard InChI is InChI=1S/C14H23ClN2S/c1-3-5-6-10-18-11-13-12(15)7-8-14(17-13)16-9-4-2/h7-8H,3-6,9-11H2,1-2H3,(H,16,17). The Morgan fingerprint density at radius 3 is 2.78 bits per heavy atom. The van der Waals surface area contributed by atoms with Gasteiger partial charge in [0.05, 0.1) is 10.7 Å². The molecule has 18 heavy (non-hydrogen) atoms. The van der Waals surface area contributed by atoms with Gasteiger partial charge in [0.15, 0.2) is 0 Å². The summed E-state index contributed by atoms with van der Waals surface area (Å²) >= 11 is 8.09. The number of hydrogen-bond donors (Lipinski definition) is 1. The van der Waals surface area contributed by atoms with Gasteiger partial charge in [0.1, 0.15) is 5.82 Å². The van der Waals surface area contributed by atoms with Gasteiger partial charge in [-0.05, 0) is 30.7 Å². The molecule has 1 heterocycles. The number of nitrogens with one attached hydrogen (secondary N) is 1. The van der Waals surface area contributed by atoms with Crippen LogP contribution in [0.3, 0.4) is 0 Å². The predicted molar refractivity (Wildman–Crippen MR) is 83.7 cm³/mol. The van der Waals surface area contributed by atoms with Crippen LogP contribution < -0.4 is 5.32 Å². The van der Waals surface area contributed by atoms with Crippen molar-refractivity contribution >= 4 is 29.2 Å². The van der Waals surface area contributed by atoms with Gasteiger partial charge in [-0.25, -0.2) is 4.98 Å². The van der Waals surface area contributed by atoms with E-state index in [-0.39, 0.29) is 0 Å². The highest BCUT2D eigenvalue weighted by molar-refractivity contribution is 7.98. The van der Waals surface area contributed by atoms with Gasteiger partial charge in [0.2, 0.25) is 0 Å². The van der Waals surface area contributed by atoms with E-state index >= 15 is 0 Å². The molecule has 1 aromatic rings. The van der Waals surface area contributed by atoms with E-state index in [2.05, 4.69) is 24.1 Å². The lowest BCUT2D eigenvalue weighted by molar-refractivity contribution is 0.778. The quantitative estimate of drug-likeness (QED) is 0.648. The maximum Gasteiger partial charge on any atom is 0.126 e. The van der Waals surface area contributed by atoms with E-state index < -0.39 is 0 Å². The second kappa shape index (κ2) is 9.51. The highest BCUT2D eigenvalue weighted by atomic mass is 35.5. The van der Waals surface area contributed by atoms with Crippen LogP contribution in [0, 0.1) is 0 Å². The van der Waals surface area contributed by atoms with Crippen molar-refractivity contribution in [2.75, 3.05) is 17.6 Å². The van der Waals surface area contributed by atoms with Crippen LogP contribution in [0.2, 0.25) is 5.02 Å². The summed E-state index contributed by atoms with van der Waals surface area (Å²) in [5, 5.41) is 4.07. The summed E-state index contributed by atoms with van der Waals surface area (Å²) in [6.07, 6.45) is 4.97. The second-order valence-electron chi connectivity index (χ2n) is 4.31. The molecule has 0 aromatic carbocycles. The third kappa shape index (κ3) is 5.96. The predicted octanol–water partition coefficient (Wildman–Crippen LogP) is 4.98. The van der Waals surface area contributed by atoms with Crippen molar-refractivity contribution < 1.29 is 0 Å². The maximum atomic E-state index is 6.17. The zero-order valence-electron chi connectivity index (χ0n) is 11.3. The molecule has 0 bridgehead atoms. The van der Waals surface area contributed by atoms with Crippen LogP contribution in [-0.4, -0.2) is 17.3 Å². The van der Waals surface area contributed by atoms with Gasteiger partial charge in [-0.2, -0.15) is 11.8 Å². The van der Waals surface area contributed by atoms with Crippen molar-refractivity contribution in [1.82, 2.24) is 4.98 Å². The van der Waals surface area contributed by atoms with Crippen molar-refractivity contribution in [1.29, 1.82) is 0 Å². The van der Waals surface area contributed by atoms with Gasteiger partial charge in [-0.15, -0.1) is 0 Å². The minimum atomic E-state index is 0.778. The maximum absolute atomic E-state index is 6.17. The molecule has 0 radical (unpaired) electrons. The molecule has 0 saturated carbocycles. The molecule has 0 aliphatic carbocycles. The summed E-state index contributed by atoms with van der Waals surface area (Å²) in [6, 6.07) is 3.89. The molecule has 1 rings (SSSR count). The summed E-state index contributed by atoms with van der Waals surface area (Å²) in [7, 11) is 0. The van der Waals surface area contributed by atoms with Crippen molar-refractivity contribution in [2.24, 2.45) is 0 Å². The Bertz CT molecular complexity index is 345. The number of hydrogen-bond acceptors (Lipinski definition) is 3. The molecular weight excluding hydrogens is 264 g/mol. The van der Waals surface area contributed by atoms with E-state index in [0.29, 0.717) is 0 Å². The van der Waals surface area contributed by atoms with Gasteiger partial charge < -0.3 is 5.32 Å². The number of halogens is 1. The third-order valence-electron chi connectivity index (χ3n) is 2.61. The molecule has 0 fully saturated rings. The Morgan fingerprint density at radius 1 is 1.22 bits per heavy atom. The lowest BCUT2D eigenvalue weighted by Gasteiger charge is -2.08. The Hall–Kier alpha value is -0.410. The largest absolute Gasteiger partial charge is 0.370 e. The van der Waals surface area contributed by atoms with Crippen molar-refractivity contribution in [3.63, 3.8) is 0 Å². The topological polar surface area (TPSA) is 24.9 Å². The second-order valence-corrected chi connectivity index (χ2v) is 5.82. The molecule has 0 aliphatic heterocycles. The molecule has 4 heteroatoms. The normalized spacial score (nSPS) is 10.6. The Balaban J connectivity index is 2.42. The monoisotopic (exact) mass is 286 g/mol. The number of aromatic nitrogens is 1. The SMILES string of the molecule is CCCCCSCc1nc(NCCC)ccc1Cl. The molecule has 102 valence electrons. The molecule has 1 aromatic heterocycles. The van der Waals surface area contributed by atoms with Gasteiger partial charge in [0, 0.05) is 12.3 Å². The van der Waals surface area contributed by atoms with Crippen LogP contribution in [0.25, 0.3) is 0 Å². The molecular formula is C14H23ClN2S. The lowest BCUT2D eigenvalue weighted by Crippen LogP contribution is -2.03. The highest BCUT2D eigenvalue weighted by Gasteiger charge is 2.04. The van der Waals surface area contributed by atoms with Crippen LogP contribution in [0.15, 0.2) is 12.1 Å². The fourth-order valence-corrected chi connectivity index (χ4v) is 2.78. The first-order chi connectivity index (χ1) is 8.77. The van der Waals surface area contributed by atoms with Crippen LogP contribution in [0.4, 0.5) is 5.82 Å². The zero-order valence-corrected chi connectivity index (χ0v) is 12.9. The first-order valence-electron chi connectivity index (χ1n) is 6.75. The van der Waals surface area contributed by atoms with Gasteiger partial charge in [-0.3, -0.25) is 0 Å². The Morgan fingerprint density at radius 2 is 2.06 bits per heavy atom. The molecule has 1 N–H and O–H groups in total.